The van der Waals surface area contributed by atoms with E-state index >= 15 is 0 Å². The van der Waals surface area contributed by atoms with Crippen LogP contribution in [-0.4, -0.2) is 75.0 Å². The van der Waals surface area contributed by atoms with E-state index in [2.05, 4.69) is 23.8 Å². The van der Waals surface area contributed by atoms with E-state index in [1.54, 1.807) is 4.90 Å². The summed E-state index contributed by atoms with van der Waals surface area (Å²) in [5.74, 6) is -3.23. The van der Waals surface area contributed by atoms with Crippen molar-refractivity contribution in [2.24, 2.45) is 33.5 Å². The van der Waals surface area contributed by atoms with Gasteiger partial charge in [0.05, 0.1) is 24.4 Å². The van der Waals surface area contributed by atoms with Crippen molar-refractivity contribution in [2.45, 2.75) is 89.5 Å². The topological polar surface area (TPSA) is 110 Å². The Balaban J connectivity index is 1.25. The third-order valence-corrected chi connectivity index (χ3v) is 13.9. The maximum atomic E-state index is 14.6. The highest BCUT2D eigenvalue weighted by atomic mass is 19.4. The maximum Gasteiger partial charge on any atom is 0.573 e. The van der Waals surface area contributed by atoms with Crippen molar-refractivity contribution in [3.8, 4) is 5.75 Å². The number of halogens is 5. The number of ether oxygens (including phenoxy) is 1. The number of aliphatic hydroxyl groups excluding tert-OH is 3. The van der Waals surface area contributed by atoms with E-state index in [-0.39, 0.29) is 48.2 Å². The van der Waals surface area contributed by atoms with Crippen LogP contribution < -0.4 is 4.74 Å². The second kappa shape index (κ2) is 12.7. The zero-order valence-corrected chi connectivity index (χ0v) is 29.3. The number of carbonyl (C=O) groups excluding carboxylic acids is 1. The van der Waals surface area contributed by atoms with Crippen LogP contribution >= 0.6 is 0 Å². The van der Waals surface area contributed by atoms with Crippen molar-refractivity contribution in [3.63, 3.8) is 0 Å². The first-order valence-electron chi connectivity index (χ1n) is 18.1. The Kier molecular flexibility index (Phi) is 9.09. The molecule has 6 aliphatic carbocycles. The van der Waals surface area contributed by atoms with E-state index < -0.39 is 64.4 Å². The van der Waals surface area contributed by atoms with Crippen molar-refractivity contribution < 1.29 is 51.9 Å². The average Bonchev–Trinajstić information content (AvgIpc) is 3.35. The number of carbonyl (C=O) groups is 1. The quantitative estimate of drug-likeness (QED) is 0.126. The van der Waals surface area contributed by atoms with Gasteiger partial charge in [0.25, 0.3) is 0 Å². The predicted molar refractivity (Wildman–Crippen MR) is 181 cm³/mol. The minimum absolute atomic E-state index is 0.0171. The lowest BCUT2D eigenvalue weighted by Gasteiger charge is -2.71. The van der Waals surface area contributed by atoms with Crippen LogP contribution in [0.3, 0.4) is 0 Å². The normalized spacial score (nSPS) is 36.9. The Labute approximate surface area is 299 Å². The summed E-state index contributed by atoms with van der Waals surface area (Å²) in [7, 11) is 0. The third kappa shape index (κ3) is 5.75. The van der Waals surface area contributed by atoms with Crippen LogP contribution in [0.2, 0.25) is 0 Å². The van der Waals surface area contributed by atoms with Gasteiger partial charge in [0.15, 0.2) is 17.4 Å². The molecule has 3 fully saturated rings. The Morgan fingerprint density at radius 3 is 2.31 bits per heavy atom. The number of benzene rings is 2. The van der Waals surface area contributed by atoms with Gasteiger partial charge in [0.1, 0.15) is 5.75 Å². The molecular weight excluding hydrogens is 685 g/mol. The van der Waals surface area contributed by atoms with E-state index in [4.69, 9.17) is 0 Å². The number of hydrogen-bond donors (Lipinski definition) is 4. The molecule has 282 valence electrons. The lowest BCUT2D eigenvalue weighted by atomic mass is 9.32. The molecular formula is C40H46F5NO6. The lowest BCUT2D eigenvalue weighted by Crippen LogP contribution is -2.67. The number of Topliss-reactive ketones (excluding diaryl/α,β-unsaturated/α-hetero) is 1. The van der Waals surface area contributed by atoms with E-state index in [1.807, 2.05) is 13.0 Å². The zero-order valence-electron chi connectivity index (χ0n) is 29.3. The van der Waals surface area contributed by atoms with Gasteiger partial charge in [-0.3, -0.25) is 9.69 Å². The summed E-state index contributed by atoms with van der Waals surface area (Å²) >= 11 is 0. The maximum absolute atomic E-state index is 14.6. The van der Waals surface area contributed by atoms with Gasteiger partial charge in [-0.05, 0) is 98.1 Å². The van der Waals surface area contributed by atoms with Gasteiger partial charge < -0.3 is 25.2 Å². The lowest BCUT2D eigenvalue weighted by molar-refractivity contribution is -0.274. The van der Waals surface area contributed by atoms with E-state index in [9.17, 15) is 47.2 Å². The predicted octanol–water partition coefficient (Wildman–Crippen LogP) is 6.49. The van der Waals surface area contributed by atoms with Crippen LogP contribution in [0.25, 0.3) is 0 Å². The fourth-order valence-electron chi connectivity index (χ4n) is 11.4. The number of ketones is 1. The monoisotopic (exact) mass is 731 g/mol. The fourth-order valence-corrected chi connectivity index (χ4v) is 11.4. The minimum Gasteiger partial charge on any atom is -0.406 e. The summed E-state index contributed by atoms with van der Waals surface area (Å²) in [4.78, 5) is 16.4. The van der Waals surface area contributed by atoms with Crippen LogP contribution in [0.4, 0.5) is 22.0 Å². The average molecular weight is 732 g/mol. The van der Waals surface area contributed by atoms with Gasteiger partial charge in [-0.15, -0.1) is 13.2 Å². The van der Waals surface area contributed by atoms with Gasteiger partial charge in [0.2, 0.25) is 0 Å². The molecule has 2 spiro atoms. The number of nitrogens with zero attached hydrogens (tertiary/aromatic N) is 1. The van der Waals surface area contributed by atoms with Crippen LogP contribution in [-0.2, 0) is 6.54 Å². The number of alkyl halides is 3. The van der Waals surface area contributed by atoms with Crippen molar-refractivity contribution in [2.75, 3.05) is 19.7 Å². The summed E-state index contributed by atoms with van der Waals surface area (Å²) in [6, 6.07) is 8.55. The molecule has 4 N–H and O–H groups in total. The third-order valence-electron chi connectivity index (χ3n) is 13.9. The zero-order chi connectivity index (χ0) is 37.5. The molecule has 7 nitrogen and oxygen atoms in total. The first-order valence-corrected chi connectivity index (χ1v) is 18.1. The second-order valence-corrected chi connectivity index (χ2v) is 16.5. The Morgan fingerprint density at radius 1 is 0.962 bits per heavy atom. The summed E-state index contributed by atoms with van der Waals surface area (Å²) in [5.41, 5.74) is -2.74. The fraction of sp³-hybridized carbons (Fsp3) is 0.575. The largest absolute Gasteiger partial charge is 0.573 e. The highest BCUT2D eigenvalue weighted by molar-refractivity contribution is 6.10. The molecule has 0 amide bonds. The van der Waals surface area contributed by atoms with Gasteiger partial charge >= 0.3 is 6.36 Å². The van der Waals surface area contributed by atoms with Crippen LogP contribution in [0, 0.1) is 45.1 Å². The molecule has 3 saturated carbocycles. The molecule has 0 saturated heterocycles. The van der Waals surface area contributed by atoms with Crippen molar-refractivity contribution >= 4 is 5.78 Å². The van der Waals surface area contributed by atoms with Crippen LogP contribution in [0.15, 0.2) is 66.3 Å². The smallest absolute Gasteiger partial charge is 0.406 e. The molecule has 8 rings (SSSR count). The molecule has 2 aromatic rings. The molecule has 0 heterocycles. The second-order valence-electron chi connectivity index (χ2n) is 16.5. The Morgan fingerprint density at radius 2 is 1.63 bits per heavy atom. The van der Waals surface area contributed by atoms with E-state index in [0.717, 1.165) is 18.6 Å². The Bertz CT molecular complexity index is 1780. The molecule has 12 heteroatoms. The number of hydrogen-bond acceptors (Lipinski definition) is 7. The number of fused-ring (bicyclic) bond motifs is 1. The molecule has 6 aliphatic rings. The first-order chi connectivity index (χ1) is 24.4. The van der Waals surface area contributed by atoms with E-state index in [0.29, 0.717) is 49.7 Å². The number of aliphatic hydroxyl groups is 4. The summed E-state index contributed by atoms with van der Waals surface area (Å²) in [5, 5.41) is 44.0. The summed E-state index contributed by atoms with van der Waals surface area (Å²) in [6.45, 7) is 3.96. The van der Waals surface area contributed by atoms with Crippen molar-refractivity contribution in [1.82, 2.24) is 4.90 Å². The van der Waals surface area contributed by atoms with Crippen LogP contribution in [0.5, 0.6) is 5.75 Å². The van der Waals surface area contributed by atoms with Crippen LogP contribution in [0.1, 0.15) is 74.7 Å². The highest BCUT2D eigenvalue weighted by Gasteiger charge is 2.74. The van der Waals surface area contributed by atoms with Gasteiger partial charge in [-0.25, -0.2) is 8.78 Å². The van der Waals surface area contributed by atoms with Crippen molar-refractivity contribution in [1.29, 1.82) is 0 Å². The van der Waals surface area contributed by atoms with Gasteiger partial charge in [-0.2, -0.15) is 0 Å². The Hall–Kier alpha value is -3.16. The molecule has 2 bridgehead atoms. The molecule has 2 aromatic carbocycles. The molecule has 9 atom stereocenters. The molecule has 52 heavy (non-hydrogen) atoms. The van der Waals surface area contributed by atoms with Crippen molar-refractivity contribution in [3.05, 3.63) is 89.0 Å². The molecule has 0 aliphatic heterocycles. The number of allylic oxidation sites excluding steroid dienone is 4. The summed E-state index contributed by atoms with van der Waals surface area (Å²) < 4.78 is 70.9. The molecule has 1 unspecified atom stereocenters. The first kappa shape index (κ1) is 37.2. The molecule has 0 aromatic heterocycles. The molecule has 0 radical (unpaired) electrons. The minimum atomic E-state index is -4.84. The SMILES string of the molecule is C[C@]12CC[C@H]3[C@]4(C=C[C@@]5(C=C4C(=O)c4ccc(F)c(F)c4)CC(O)CC[C@]35C)[C@@H]1CC[C@@]2(O)CN(Cc1ccc(OC(F)(F)F)cc1)C[C@H](O)CO. The number of rotatable bonds is 10. The van der Waals surface area contributed by atoms with Gasteiger partial charge in [-0.1, -0.05) is 44.2 Å². The highest BCUT2D eigenvalue weighted by Crippen LogP contribution is 2.78. The van der Waals surface area contributed by atoms with Gasteiger partial charge in [0, 0.05) is 47.0 Å². The summed E-state index contributed by atoms with van der Waals surface area (Å²) in [6.07, 6.45) is 3.70. The van der Waals surface area contributed by atoms with E-state index in [1.165, 1.54) is 30.3 Å². The standard InChI is InChI=1S/C40H46F5NO6/c1-35-12-9-26(48)18-37(35)15-16-39(29(19-37)34(50)25-5-8-30(41)31(42)17-25)32(35)10-13-36(2)33(39)11-14-38(36,51)23-46(21-27(49)22-47)20-24-3-6-28(7-4-24)52-40(43,44)45/h3-8,15-17,19,26-27,32-33,47-49,51H,9-14,18,20-23H2,1-2H3/t26?,27-,32+,33+,35+,36-,37-,38+,39+/m0/s1.